The Balaban J connectivity index is 2.21. The number of aryl methyl sites for hydroxylation is 1. The highest BCUT2D eigenvalue weighted by Crippen LogP contribution is 2.27. The third-order valence-electron chi connectivity index (χ3n) is 2.35. The minimum absolute atomic E-state index is 0.255. The Morgan fingerprint density at radius 3 is 2.94 bits per heavy atom. The van der Waals surface area contributed by atoms with E-state index < -0.39 is 0 Å². The fourth-order valence-corrected chi connectivity index (χ4v) is 2.93. The van der Waals surface area contributed by atoms with Gasteiger partial charge < -0.3 is 5.32 Å². The van der Waals surface area contributed by atoms with Gasteiger partial charge in [-0.25, -0.2) is 0 Å². The molecule has 1 unspecified atom stereocenters. The summed E-state index contributed by atoms with van der Waals surface area (Å²) in [6.07, 6.45) is 2.98. The molecule has 3 nitrogen and oxygen atoms in total. The molecule has 0 saturated carbocycles. The average molecular weight is 253 g/mol. The van der Waals surface area contributed by atoms with Gasteiger partial charge in [0.1, 0.15) is 0 Å². The lowest BCUT2D eigenvalue weighted by molar-refractivity contribution is 0.606. The minimum Gasteiger partial charge on any atom is -0.305 e. The summed E-state index contributed by atoms with van der Waals surface area (Å²) < 4.78 is 3.94. The monoisotopic (exact) mass is 253 g/mol. The van der Waals surface area contributed by atoms with E-state index in [4.69, 9.17) is 0 Å². The van der Waals surface area contributed by atoms with Crippen LogP contribution in [0.2, 0.25) is 0 Å². The van der Waals surface area contributed by atoms with Crippen LogP contribution in [0, 0.1) is 6.92 Å². The van der Waals surface area contributed by atoms with Crippen LogP contribution < -0.4 is 5.32 Å². The molecule has 2 rings (SSSR count). The number of hydrogen-bond donors (Lipinski definition) is 1. The van der Waals surface area contributed by atoms with Crippen molar-refractivity contribution in [2.45, 2.75) is 26.3 Å². The second-order valence-electron chi connectivity index (χ2n) is 3.70. The Morgan fingerprint density at radius 1 is 1.50 bits per heavy atom. The van der Waals surface area contributed by atoms with Crippen LogP contribution in [0.15, 0.2) is 17.6 Å². The van der Waals surface area contributed by atoms with E-state index in [9.17, 15) is 0 Å². The lowest BCUT2D eigenvalue weighted by Gasteiger charge is -2.14. The number of rotatable bonds is 5. The van der Waals surface area contributed by atoms with Gasteiger partial charge in [-0.1, -0.05) is 11.4 Å². The molecule has 0 bridgehead atoms. The average Bonchev–Trinajstić information content (AvgIpc) is 2.91. The van der Waals surface area contributed by atoms with Crippen molar-refractivity contribution in [3.8, 4) is 0 Å². The van der Waals surface area contributed by atoms with Crippen molar-refractivity contribution in [2.75, 3.05) is 6.54 Å². The Hall–Kier alpha value is -0.780. The second-order valence-corrected chi connectivity index (χ2v) is 5.63. The fourth-order valence-electron chi connectivity index (χ4n) is 1.59. The first-order valence-electron chi connectivity index (χ1n) is 5.37. The van der Waals surface area contributed by atoms with Crippen LogP contribution in [-0.4, -0.2) is 16.1 Å². The van der Waals surface area contributed by atoms with Gasteiger partial charge in [0.2, 0.25) is 0 Å². The highest BCUT2D eigenvalue weighted by atomic mass is 32.1. The van der Waals surface area contributed by atoms with E-state index in [0.717, 1.165) is 13.0 Å². The minimum atomic E-state index is 0.255. The molecule has 0 aliphatic heterocycles. The first-order valence-corrected chi connectivity index (χ1v) is 7.02. The van der Waals surface area contributed by atoms with Crippen molar-refractivity contribution in [1.29, 1.82) is 0 Å². The maximum Gasteiger partial charge on any atom is 0.0711 e. The highest BCUT2D eigenvalue weighted by molar-refractivity contribution is 7.10. The van der Waals surface area contributed by atoms with Gasteiger partial charge in [0.15, 0.2) is 0 Å². The van der Waals surface area contributed by atoms with E-state index in [1.807, 2.05) is 6.20 Å². The molecule has 1 N–H and O–H groups in total. The lowest BCUT2D eigenvalue weighted by Crippen LogP contribution is -2.21. The fraction of sp³-hybridized carbons (Fsp3) is 0.455. The molecule has 2 aromatic rings. The first kappa shape index (κ1) is 11.7. The van der Waals surface area contributed by atoms with E-state index in [-0.39, 0.29) is 6.04 Å². The summed E-state index contributed by atoms with van der Waals surface area (Å²) in [5.41, 5.74) is 1.32. The topological polar surface area (TPSA) is 37.8 Å². The predicted octanol–water partition coefficient (Wildman–Crippen LogP) is 3.00. The summed E-state index contributed by atoms with van der Waals surface area (Å²) in [4.78, 5) is 2.53. The van der Waals surface area contributed by atoms with E-state index in [1.54, 1.807) is 11.3 Å². The third-order valence-corrected chi connectivity index (χ3v) is 3.95. The Bertz CT molecular complexity index is 422. The Kier molecular flexibility index (Phi) is 4.04. The molecule has 86 valence electrons. The van der Waals surface area contributed by atoms with Gasteiger partial charge in [-0.2, -0.15) is 0 Å². The van der Waals surface area contributed by atoms with Crippen molar-refractivity contribution in [2.24, 2.45) is 0 Å². The zero-order valence-electron chi connectivity index (χ0n) is 9.43. The van der Waals surface area contributed by atoms with Crippen LogP contribution in [-0.2, 0) is 0 Å². The summed E-state index contributed by atoms with van der Waals surface area (Å²) >= 11 is 3.25. The van der Waals surface area contributed by atoms with Crippen LogP contribution in [0.1, 0.15) is 34.7 Å². The molecule has 0 radical (unpaired) electrons. The molecule has 0 aromatic carbocycles. The zero-order chi connectivity index (χ0) is 11.4. The van der Waals surface area contributed by atoms with Crippen LogP contribution in [0.25, 0.3) is 0 Å². The molecule has 0 aliphatic rings. The zero-order valence-corrected chi connectivity index (χ0v) is 11.1. The third kappa shape index (κ3) is 2.66. The van der Waals surface area contributed by atoms with Gasteiger partial charge in [0.25, 0.3) is 0 Å². The van der Waals surface area contributed by atoms with Gasteiger partial charge in [-0.05, 0) is 48.4 Å². The predicted molar refractivity (Wildman–Crippen MR) is 69.1 cm³/mol. The molecular weight excluding hydrogens is 238 g/mol. The van der Waals surface area contributed by atoms with Gasteiger partial charge >= 0.3 is 0 Å². The number of nitrogens with zero attached hydrogens (tertiary/aromatic N) is 2. The lowest BCUT2D eigenvalue weighted by atomic mass is 10.1. The highest BCUT2D eigenvalue weighted by Gasteiger charge is 2.16. The van der Waals surface area contributed by atoms with Crippen LogP contribution in [0.4, 0.5) is 0 Å². The molecule has 0 aliphatic carbocycles. The van der Waals surface area contributed by atoms with Crippen molar-refractivity contribution < 1.29 is 0 Å². The largest absolute Gasteiger partial charge is 0.305 e. The van der Waals surface area contributed by atoms with Crippen molar-refractivity contribution in [3.63, 3.8) is 0 Å². The van der Waals surface area contributed by atoms with E-state index in [1.165, 1.54) is 26.9 Å². The summed E-state index contributed by atoms with van der Waals surface area (Å²) in [7, 11) is 0. The number of nitrogens with one attached hydrogen (secondary N) is 1. The molecule has 16 heavy (non-hydrogen) atoms. The Labute approximate surface area is 104 Å². The molecule has 0 saturated heterocycles. The van der Waals surface area contributed by atoms with Gasteiger partial charge in [-0.3, -0.25) is 0 Å². The maximum absolute atomic E-state index is 3.94. The molecule has 2 heterocycles. The second kappa shape index (κ2) is 5.52. The van der Waals surface area contributed by atoms with E-state index in [2.05, 4.69) is 40.2 Å². The number of aromatic nitrogens is 2. The van der Waals surface area contributed by atoms with Crippen molar-refractivity contribution >= 4 is 22.9 Å². The number of thiophene rings is 1. The van der Waals surface area contributed by atoms with E-state index >= 15 is 0 Å². The Morgan fingerprint density at radius 2 is 2.38 bits per heavy atom. The van der Waals surface area contributed by atoms with Gasteiger partial charge in [0.05, 0.1) is 17.1 Å². The van der Waals surface area contributed by atoms with Gasteiger partial charge in [0, 0.05) is 4.88 Å². The van der Waals surface area contributed by atoms with Crippen molar-refractivity contribution in [1.82, 2.24) is 14.9 Å². The summed E-state index contributed by atoms with van der Waals surface area (Å²) in [5.74, 6) is 0. The SMILES string of the molecule is CCCNC(c1csc(C)c1)c1cnns1. The van der Waals surface area contributed by atoms with Crippen LogP contribution in [0.3, 0.4) is 0 Å². The first-order chi connectivity index (χ1) is 7.81. The quantitative estimate of drug-likeness (QED) is 0.890. The summed E-state index contributed by atoms with van der Waals surface area (Å²) in [6, 6.07) is 2.49. The summed E-state index contributed by atoms with van der Waals surface area (Å²) in [6.45, 7) is 5.32. The van der Waals surface area contributed by atoms with Crippen molar-refractivity contribution in [3.05, 3.63) is 33.0 Å². The molecule has 0 fully saturated rings. The number of hydrogen-bond acceptors (Lipinski definition) is 5. The molecule has 0 spiro atoms. The molecule has 0 amide bonds. The van der Waals surface area contributed by atoms with E-state index in [0.29, 0.717) is 0 Å². The summed E-state index contributed by atoms with van der Waals surface area (Å²) in [5, 5.41) is 9.66. The standard InChI is InChI=1S/C11H15N3S2/c1-3-4-12-11(10-6-13-14-16-10)9-5-8(2)15-7-9/h5-7,11-12H,3-4H2,1-2H3. The van der Waals surface area contributed by atoms with Gasteiger partial charge in [-0.15, -0.1) is 16.4 Å². The molecule has 5 heteroatoms. The molecule has 2 aromatic heterocycles. The molecule has 1 atom stereocenters. The molecular formula is C11H15N3S2. The normalized spacial score (nSPS) is 12.9. The smallest absolute Gasteiger partial charge is 0.0711 e. The van der Waals surface area contributed by atoms with Crippen LogP contribution >= 0.6 is 22.9 Å². The van der Waals surface area contributed by atoms with Crippen LogP contribution in [0.5, 0.6) is 0 Å². The maximum atomic E-state index is 3.94.